The zero-order chi connectivity index (χ0) is 16.8. The molecule has 128 valence electrons. The van der Waals surface area contributed by atoms with Crippen LogP contribution in [0.15, 0.2) is 48.8 Å². The predicted octanol–water partition coefficient (Wildman–Crippen LogP) is 4.72. The number of nitrogens with one attached hydrogen (secondary N) is 1. The molecule has 0 unspecified atom stereocenters. The van der Waals surface area contributed by atoms with Gasteiger partial charge in [-0.1, -0.05) is 19.1 Å². The number of aromatic nitrogens is 1. The monoisotopic (exact) mass is 324 g/mol. The van der Waals surface area contributed by atoms with Crippen LogP contribution >= 0.6 is 0 Å². The summed E-state index contributed by atoms with van der Waals surface area (Å²) >= 11 is 0. The number of ether oxygens (including phenoxy) is 1. The second-order valence-electron chi connectivity index (χ2n) is 7.38. The molecule has 2 aromatic rings. The Balaban J connectivity index is 1.48. The molecule has 0 radical (unpaired) electrons. The highest BCUT2D eigenvalue weighted by Gasteiger charge is 2.28. The van der Waals surface area contributed by atoms with E-state index in [-0.39, 0.29) is 0 Å². The summed E-state index contributed by atoms with van der Waals surface area (Å²) < 4.78 is 5.82. The molecule has 1 saturated carbocycles. The van der Waals surface area contributed by atoms with Gasteiger partial charge in [0.05, 0.1) is 0 Å². The van der Waals surface area contributed by atoms with Crippen molar-refractivity contribution in [1.82, 2.24) is 10.3 Å². The fraction of sp³-hybridized carbons (Fsp3) is 0.476. The molecule has 3 nitrogen and oxygen atoms in total. The first-order chi connectivity index (χ1) is 11.6. The first-order valence-corrected chi connectivity index (χ1v) is 8.99. The molecule has 3 rings (SSSR count). The molecule has 0 aliphatic heterocycles. The predicted molar refractivity (Wildman–Crippen MR) is 97.9 cm³/mol. The van der Waals surface area contributed by atoms with E-state index in [1.807, 2.05) is 12.1 Å². The lowest BCUT2D eigenvalue weighted by Gasteiger charge is -2.37. The quantitative estimate of drug-likeness (QED) is 0.835. The van der Waals surface area contributed by atoms with Crippen molar-refractivity contribution in [3.05, 3.63) is 59.9 Å². The topological polar surface area (TPSA) is 34.1 Å². The van der Waals surface area contributed by atoms with E-state index >= 15 is 0 Å². The fourth-order valence-corrected chi connectivity index (χ4v) is 3.24. The highest BCUT2D eigenvalue weighted by Crippen LogP contribution is 2.31. The number of hydrogen-bond acceptors (Lipinski definition) is 3. The average molecular weight is 324 g/mol. The van der Waals surface area contributed by atoms with Crippen LogP contribution in [0.4, 0.5) is 0 Å². The maximum absolute atomic E-state index is 5.82. The molecule has 1 heterocycles. The van der Waals surface area contributed by atoms with Crippen molar-refractivity contribution in [2.24, 2.45) is 5.92 Å². The molecule has 1 aliphatic carbocycles. The lowest BCUT2D eigenvalue weighted by molar-refractivity contribution is 0.212. The van der Waals surface area contributed by atoms with Crippen LogP contribution in [0.1, 0.15) is 50.7 Å². The fourth-order valence-electron chi connectivity index (χ4n) is 3.24. The number of benzene rings is 1. The summed E-state index contributed by atoms with van der Waals surface area (Å²) in [6, 6.07) is 12.4. The van der Waals surface area contributed by atoms with Gasteiger partial charge < -0.3 is 10.1 Å². The van der Waals surface area contributed by atoms with Crippen molar-refractivity contribution in [2.75, 3.05) is 0 Å². The normalized spacial score (nSPS) is 23.8. The van der Waals surface area contributed by atoms with E-state index in [4.69, 9.17) is 4.74 Å². The molecular formula is C21H28N2O. The minimum atomic E-state index is 0.295. The van der Waals surface area contributed by atoms with Gasteiger partial charge in [-0.25, -0.2) is 0 Å². The third kappa shape index (κ3) is 4.81. The third-order valence-corrected chi connectivity index (χ3v) is 5.18. The van der Waals surface area contributed by atoms with Crippen molar-refractivity contribution in [3.63, 3.8) is 0 Å². The Morgan fingerprint density at radius 1 is 1.04 bits per heavy atom. The van der Waals surface area contributed by atoms with Gasteiger partial charge in [-0.05, 0) is 73.9 Å². The van der Waals surface area contributed by atoms with Gasteiger partial charge in [-0.3, -0.25) is 4.98 Å². The number of rotatable bonds is 6. The largest absolute Gasteiger partial charge is 0.489 e. The van der Waals surface area contributed by atoms with Crippen LogP contribution in [-0.4, -0.2) is 10.5 Å². The lowest BCUT2D eigenvalue weighted by atomic mass is 9.78. The zero-order valence-electron chi connectivity index (χ0n) is 14.8. The molecule has 1 aromatic heterocycles. The van der Waals surface area contributed by atoms with Gasteiger partial charge in [0, 0.05) is 24.5 Å². The molecule has 0 amide bonds. The Morgan fingerprint density at radius 3 is 2.38 bits per heavy atom. The van der Waals surface area contributed by atoms with Crippen LogP contribution in [0.25, 0.3) is 0 Å². The Hall–Kier alpha value is -1.87. The van der Waals surface area contributed by atoms with E-state index in [1.54, 1.807) is 12.4 Å². The van der Waals surface area contributed by atoms with E-state index < -0.39 is 0 Å². The van der Waals surface area contributed by atoms with E-state index in [9.17, 15) is 0 Å². The molecule has 3 heteroatoms. The molecule has 0 atom stereocenters. The summed E-state index contributed by atoms with van der Waals surface area (Å²) in [4.78, 5) is 4.02. The molecule has 0 saturated heterocycles. The molecular weight excluding hydrogens is 296 g/mol. The molecule has 0 bridgehead atoms. The summed E-state index contributed by atoms with van der Waals surface area (Å²) in [5.41, 5.74) is 2.74. The van der Waals surface area contributed by atoms with Gasteiger partial charge >= 0.3 is 0 Å². The van der Waals surface area contributed by atoms with Gasteiger partial charge in [0.1, 0.15) is 12.4 Å². The van der Waals surface area contributed by atoms with E-state index in [2.05, 4.69) is 48.4 Å². The smallest absolute Gasteiger partial charge is 0.119 e. The number of hydrogen-bond donors (Lipinski definition) is 1. The van der Waals surface area contributed by atoms with Crippen LogP contribution in [0, 0.1) is 5.92 Å². The van der Waals surface area contributed by atoms with Crippen molar-refractivity contribution in [2.45, 2.75) is 58.2 Å². The average Bonchev–Trinajstić information content (AvgIpc) is 2.63. The first kappa shape index (κ1) is 17.0. The van der Waals surface area contributed by atoms with Gasteiger partial charge in [-0.2, -0.15) is 0 Å². The molecule has 1 fully saturated rings. The Kier molecular flexibility index (Phi) is 5.52. The minimum Gasteiger partial charge on any atom is -0.489 e. The van der Waals surface area contributed by atoms with Crippen molar-refractivity contribution in [1.29, 1.82) is 0 Å². The molecule has 1 aliphatic rings. The van der Waals surface area contributed by atoms with Crippen molar-refractivity contribution in [3.8, 4) is 5.75 Å². The van der Waals surface area contributed by atoms with Gasteiger partial charge in [-0.15, -0.1) is 0 Å². The van der Waals surface area contributed by atoms with Crippen LogP contribution < -0.4 is 10.1 Å². The standard InChI is InChI=1S/C21H28N2O/c1-17-7-11-21(2,12-8-17)23-15-18-3-5-20(6-4-18)24-16-19-9-13-22-14-10-19/h3-6,9-10,13-14,17,23H,7-8,11-12,15-16H2,1-2H3. The van der Waals surface area contributed by atoms with Gasteiger partial charge in [0.2, 0.25) is 0 Å². The molecule has 24 heavy (non-hydrogen) atoms. The molecule has 1 N–H and O–H groups in total. The van der Waals surface area contributed by atoms with E-state index in [0.29, 0.717) is 12.1 Å². The molecule has 1 aromatic carbocycles. The number of nitrogens with zero attached hydrogens (tertiary/aromatic N) is 1. The molecule has 0 spiro atoms. The second kappa shape index (κ2) is 7.80. The second-order valence-corrected chi connectivity index (χ2v) is 7.38. The maximum atomic E-state index is 5.82. The zero-order valence-corrected chi connectivity index (χ0v) is 14.8. The Morgan fingerprint density at radius 2 is 1.71 bits per heavy atom. The summed E-state index contributed by atoms with van der Waals surface area (Å²) in [5.74, 6) is 1.80. The minimum absolute atomic E-state index is 0.295. The van der Waals surface area contributed by atoms with Crippen molar-refractivity contribution < 1.29 is 4.74 Å². The van der Waals surface area contributed by atoms with Gasteiger partial charge in [0.25, 0.3) is 0 Å². The van der Waals surface area contributed by atoms with Gasteiger partial charge in [0.15, 0.2) is 0 Å². The van der Waals surface area contributed by atoms with Crippen molar-refractivity contribution >= 4 is 0 Å². The summed E-state index contributed by atoms with van der Waals surface area (Å²) in [6.45, 7) is 6.24. The lowest BCUT2D eigenvalue weighted by Crippen LogP contribution is -2.44. The first-order valence-electron chi connectivity index (χ1n) is 8.99. The Labute approximate surface area is 145 Å². The highest BCUT2D eigenvalue weighted by atomic mass is 16.5. The SMILES string of the molecule is CC1CCC(C)(NCc2ccc(OCc3ccncc3)cc2)CC1. The van der Waals surface area contributed by atoms with Crippen LogP contribution in [0.3, 0.4) is 0 Å². The summed E-state index contributed by atoms with van der Waals surface area (Å²) in [7, 11) is 0. The van der Waals surface area contributed by atoms with Crippen LogP contribution in [-0.2, 0) is 13.2 Å². The Bertz CT molecular complexity index is 616. The number of pyridine rings is 1. The maximum Gasteiger partial charge on any atom is 0.119 e. The highest BCUT2D eigenvalue weighted by molar-refractivity contribution is 5.27. The third-order valence-electron chi connectivity index (χ3n) is 5.18. The van der Waals surface area contributed by atoms with E-state index in [1.165, 1.54) is 31.2 Å². The van der Waals surface area contributed by atoms with E-state index in [0.717, 1.165) is 23.8 Å². The van der Waals surface area contributed by atoms with Crippen LogP contribution in [0.5, 0.6) is 5.75 Å². The summed E-state index contributed by atoms with van der Waals surface area (Å²) in [5, 5.41) is 3.76. The van der Waals surface area contributed by atoms with Crippen LogP contribution in [0.2, 0.25) is 0 Å². The summed E-state index contributed by atoms with van der Waals surface area (Å²) in [6.07, 6.45) is 8.82.